The molecule has 7 heteroatoms. The maximum absolute atomic E-state index is 12.5. The first kappa shape index (κ1) is 18.9. The van der Waals surface area contributed by atoms with Gasteiger partial charge in [-0.15, -0.1) is 0 Å². The van der Waals surface area contributed by atoms with Crippen LogP contribution in [0.3, 0.4) is 0 Å². The molecule has 1 fully saturated rings. The number of carboxylic acid groups (broad SMARTS) is 1. The van der Waals surface area contributed by atoms with Gasteiger partial charge < -0.3 is 9.84 Å². The molecule has 2 aliphatic carbocycles. The van der Waals surface area contributed by atoms with Gasteiger partial charge >= 0.3 is 5.97 Å². The van der Waals surface area contributed by atoms with Crippen LogP contribution >= 0.6 is 0 Å². The molecule has 0 aliphatic heterocycles. The van der Waals surface area contributed by atoms with E-state index in [4.69, 9.17) is 4.74 Å². The molecule has 144 valence electrons. The molecule has 1 saturated carbocycles. The van der Waals surface area contributed by atoms with Crippen molar-refractivity contribution in [1.29, 1.82) is 0 Å². The first-order valence-corrected chi connectivity index (χ1v) is 9.02. The fraction of sp³-hybridized carbons (Fsp3) is 0.450. The number of hydrogen-bond acceptors (Lipinski definition) is 4. The van der Waals surface area contributed by atoms with Crippen LogP contribution in [0, 0.1) is 37.5 Å². The number of carboxylic acids is 1. The SMILES string of the molecule is Cc1cc(C)cc(O[C@H](C)C(=O)NNC(=O)[C@H]2[C@H](C(=O)O)[C@H]3C=C[C@H]2C3)c1. The number of amides is 2. The number of hydrogen-bond donors (Lipinski definition) is 3. The van der Waals surface area contributed by atoms with Crippen LogP contribution in [-0.4, -0.2) is 29.0 Å². The number of aryl methyl sites for hydroxylation is 2. The lowest BCUT2D eigenvalue weighted by Crippen LogP contribution is -2.51. The predicted molar refractivity (Wildman–Crippen MR) is 97.6 cm³/mol. The fourth-order valence-electron chi connectivity index (χ4n) is 4.08. The Hall–Kier alpha value is -2.83. The number of carbonyl (C=O) groups excluding carboxylic acids is 2. The largest absolute Gasteiger partial charge is 0.481 e. The van der Waals surface area contributed by atoms with E-state index in [-0.39, 0.29) is 11.8 Å². The first-order chi connectivity index (χ1) is 12.8. The lowest BCUT2D eigenvalue weighted by atomic mass is 9.82. The van der Waals surface area contributed by atoms with E-state index in [1.807, 2.05) is 44.2 Å². The molecule has 1 aromatic carbocycles. The number of aliphatic carboxylic acids is 1. The normalized spacial score (nSPS) is 26.5. The number of carbonyl (C=O) groups is 3. The summed E-state index contributed by atoms with van der Waals surface area (Å²) in [6.45, 7) is 5.46. The summed E-state index contributed by atoms with van der Waals surface area (Å²) in [6, 6.07) is 5.66. The Kier molecular flexibility index (Phi) is 5.21. The number of nitrogens with one attached hydrogen (secondary N) is 2. The van der Waals surface area contributed by atoms with Crippen LogP contribution in [0.25, 0.3) is 0 Å². The van der Waals surface area contributed by atoms with E-state index in [0.717, 1.165) is 11.1 Å². The summed E-state index contributed by atoms with van der Waals surface area (Å²) in [5.41, 5.74) is 6.76. The van der Waals surface area contributed by atoms with E-state index in [1.54, 1.807) is 6.92 Å². The summed E-state index contributed by atoms with van der Waals surface area (Å²) in [4.78, 5) is 36.2. The minimum absolute atomic E-state index is 0.100. The average molecular weight is 372 g/mol. The summed E-state index contributed by atoms with van der Waals surface area (Å²) in [5, 5.41) is 9.41. The third-order valence-corrected chi connectivity index (χ3v) is 5.23. The summed E-state index contributed by atoms with van der Waals surface area (Å²) in [7, 11) is 0. The molecule has 0 radical (unpaired) electrons. The number of ether oxygens (including phenoxy) is 1. The van der Waals surface area contributed by atoms with Crippen molar-refractivity contribution in [1.82, 2.24) is 10.9 Å². The van der Waals surface area contributed by atoms with Gasteiger partial charge in [-0.25, -0.2) is 0 Å². The molecule has 0 spiro atoms. The Labute approximate surface area is 157 Å². The zero-order chi connectivity index (χ0) is 19.7. The van der Waals surface area contributed by atoms with Crippen LogP contribution in [0.1, 0.15) is 24.5 Å². The molecule has 7 nitrogen and oxygen atoms in total. The highest BCUT2D eigenvalue weighted by Gasteiger charge is 2.51. The molecule has 3 N–H and O–H groups in total. The monoisotopic (exact) mass is 372 g/mol. The van der Waals surface area contributed by atoms with Gasteiger partial charge in [0, 0.05) is 0 Å². The van der Waals surface area contributed by atoms with Gasteiger partial charge in [-0.05, 0) is 62.3 Å². The maximum atomic E-state index is 12.5. The first-order valence-electron chi connectivity index (χ1n) is 9.02. The second-order valence-corrected chi connectivity index (χ2v) is 7.40. The Morgan fingerprint density at radius 2 is 1.63 bits per heavy atom. The number of hydrazine groups is 1. The highest BCUT2D eigenvalue weighted by Crippen LogP contribution is 2.48. The van der Waals surface area contributed by atoms with Gasteiger partial charge in [0.05, 0.1) is 11.8 Å². The van der Waals surface area contributed by atoms with Gasteiger partial charge in [0.1, 0.15) is 5.75 Å². The van der Waals surface area contributed by atoms with Crippen molar-refractivity contribution in [2.75, 3.05) is 0 Å². The molecule has 27 heavy (non-hydrogen) atoms. The smallest absolute Gasteiger partial charge is 0.307 e. The molecule has 2 bridgehead atoms. The van der Waals surface area contributed by atoms with Gasteiger partial charge in [0.25, 0.3) is 5.91 Å². The third kappa shape index (κ3) is 3.97. The second-order valence-electron chi connectivity index (χ2n) is 7.40. The Bertz CT molecular complexity index is 783. The maximum Gasteiger partial charge on any atom is 0.307 e. The van der Waals surface area contributed by atoms with Crippen LogP contribution in [0.5, 0.6) is 5.75 Å². The van der Waals surface area contributed by atoms with Crippen molar-refractivity contribution in [3.8, 4) is 5.75 Å². The molecule has 5 atom stereocenters. The van der Waals surface area contributed by atoms with Crippen molar-refractivity contribution < 1.29 is 24.2 Å². The number of benzene rings is 1. The fourth-order valence-corrected chi connectivity index (χ4v) is 4.08. The zero-order valence-corrected chi connectivity index (χ0v) is 15.6. The second kappa shape index (κ2) is 7.42. The number of rotatable bonds is 5. The van der Waals surface area contributed by atoms with Gasteiger partial charge in [-0.3, -0.25) is 25.2 Å². The molecule has 1 aromatic rings. The van der Waals surface area contributed by atoms with Crippen LogP contribution < -0.4 is 15.6 Å². The zero-order valence-electron chi connectivity index (χ0n) is 15.6. The summed E-state index contributed by atoms with van der Waals surface area (Å²) in [6.07, 6.45) is 3.60. The van der Waals surface area contributed by atoms with Crippen LogP contribution in [0.4, 0.5) is 0 Å². The van der Waals surface area contributed by atoms with Crippen molar-refractivity contribution >= 4 is 17.8 Å². The minimum atomic E-state index is -0.982. The molecule has 3 rings (SSSR count). The Balaban J connectivity index is 1.56. The van der Waals surface area contributed by atoms with E-state index in [9.17, 15) is 19.5 Å². The highest BCUT2D eigenvalue weighted by atomic mass is 16.5. The average Bonchev–Trinajstić information content (AvgIpc) is 3.19. The summed E-state index contributed by atoms with van der Waals surface area (Å²) < 4.78 is 5.64. The molecule has 0 saturated heterocycles. The van der Waals surface area contributed by atoms with E-state index in [1.165, 1.54) is 0 Å². The topological polar surface area (TPSA) is 105 Å². The number of allylic oxidation sites excluding steroid dienone is 2. The molecule has 0 heterocycles. The van der Waals surface area contributed by atoms with E-state index in [2.05, 4.69) is 10.9 Å². The van der Waals surface area contributed by atoms with Crippen molar-refractivity contribution in [2.45, 2.75) is 33.3 Å². The van der Waals surface area contributed by atoms with E-state index >= 15 is 0 Å². The Morgan fingerprint density at radius 1 is 1.04 bits per heavy atom. The van der Waals surface area contributed by atoms with Gasteiger partial charge in [0.2, 0.25) is 5.91 Å². The predicted octanol–water partition coefficient (Wildman–Crippen LogP) is 1.74. The van der Waals surface area contributed by atoms with E-state index in [0.29, 0.717) is 12.2 Å². The lowest BCUT2D eigenvalue weighted by molar-refractivity contribution is -0.148. The molecule has 2 aliphatic rings. The van der Waals surface area contributed by atoms with Crippen molar-refractivity contribution in [3.63, 3.8) is 0 Å². The molecular formula is C20H24N2O5. The molecule has 2 amide bonds. The van der Waals surface area contributed by atoms with Crippen molar-refractivity contribution in [2.24, 2.45) is 23.7 Å². The Morgan fingerprint density at radius 3 is 2.22 bits per heavy atom. The van der Waals surface area contributed by atoms with Gasteiger partial charge in [0.15, 0.2) is 6.10 Å². The van der Waals surface area contributed by atoms with Crippen LogP contribution in [0.2, 0.25) is 0 Å². The number of fused-ring (bicyclic) bond motifs is 2. The van der Waals surface area contributed by atoms with Gasteiger partial charge in [-0.1, -0.05) is 18.2 Å². The standard InChI is InChI=1S/C20H24N2O5/c1-10-6-11(2)8-15(7-10)27-12(3)18(23)21-22-19(24)16-13-4-5-14(9-13)17(16)20(25)26/h4-8,12-14,16-17H,9H2,1-3H3,(H,21,23)(H,22,24)(H,25,26)/t12-,13+,14+,16-,17-/m1/s1. The quantitative estimate of drug-likeness (QED) is 0.539. The van der Waals surface area contributed by atoms with Crippen LogP contribution in [-0.2, 0) is 14.4 Å². The van der Waals surface area contributed by atoms with E-state index < -0.39 is 35.7 Å². The minimum Gasteiger partial charge on any atom is -0.481 e. The third-order valence-electron chi connectivity index (χ3n) is 5.23. The molecule has 0 aromatic heterocycles. The molecule has 0 unspecified atom stereocenters. The van der Waals surface area contributed by atoms with Gasteiger partial charge in [-0.2, -0.15) is 0 Å². The highest BCUT2D eigenvalue weighted by molar-refractivity contribution is 5.89. The lowest BCUT2D eigenvalue weighted by Gasteiger charge is -2.24. The summed E-state index contributed by atoms with van der Waals surface area (Å²) >= 11 is 0. The molecular weight excluding hydrogens is 348 g/mol. The van der Waals surface area contributed by atoms with Crippen LogP contribution in [0.15, 0.2) is 30.4 Å². The van der Waals surface area contributed by atoms with Crippen molar-refractivity contribution in [3.05, 3.63) is 41.5 Å². The summed E-state index contributed by atoms with van der Waals surface area (Å²) in [5.74, 6) is -3.04.